The second-order valence-corrected chi connectivity index (χ2v) is 6.34. The van der Waals surface area contributed by atoms with E-state index in [0.29, 0.717) is 36.3 Å². The van der Waals surface area contributed by atoms with Crippen LogP contribution >= 0.6 is 12.4 Å². The van der Waals surface area contributed by atoms with Gasteiger partial charge in [0.1, 0.15) is 11.6 Å². The third-order valence-electron chi connectivity index (χ3n) is 4.33. The number of carbonyl (C=O) groups excluding carboxylic acids is 1. The molecule has 1 saturated heterocycles. The van der Waals surface area contributed by atoms with Crippen LogP contribution in [0.4, 0.5) is 10.1 Å². The molecule has 23 heavy (non-hydrogen) atoms. The van der Waals surface area contributed by atoms with E-state index in [9.17, 15) is 9.18 Å². The fourth-order valence-corrected chi connectivity index (χ4v) is 2.72. The van der Waals surface area contributed by atoms with E-state index in [2.05, 4.69) is 10.6 Å². The molecule has 2 fully saturated rings. The molecule has 0 bridgehead atoms. The van der Waals surface area contributed by atoms with Crippen molar-refractivity contribution in [1.29, 1.82) is 0 Å². The first-order chi connectivity index (χ1) is 10.7. The van der Waals surface area contributed by atoms with Crippen LogP contribution < -0.4 is 15.4 Å². The predicted octanol–water partition coefficient (Wildman–Crippen LogP) is 3.36. The van der Waals surface area contributed by atoms with Crippen molar-refractivity contribution in [3.63, 3.8) is 0 Å². The number of hydrogen-bond donors (Lipinski definition) is 2. The molecule has 3 rings (SSSR count). The maximum Gasteiger partial charge on any atom is 0.224 e. The van der Waals surface area contributed by atoms with Crippen LogP contribution in [0, 0.1) is 17.7 Å². The van der Waals surface area contributed by atoms with Gasteiger partial charge in [0.05, 0.1) is 12.3 Å². The molecule has 1 unspecified atom stereocenters. The topological polar surface area (TPSA) is 50.4 Å². The normalized spacial score (nSPS) is 20.0. The summed E-state index contributed by atoms with van der Waals surface area (Å²) in [5.41, 5.74) is 0.566. The van der Waals surface area contributed by atoms with Crippen LogP contribution in [0.15, 0.2) is 18.2 Å². The van der Waals surface area contributed by atoms with Crippen LogP contribution in [0.2, 0.25) is 0 Å². The van der Waals surface area contributed by atoms with E-state index in [1.54, 1.807) is 6.07 Å². The minimum Gasteiger partial charge on any atom is -0.491 e. The molecule has 1 amide bonds. The van der Waals surface area contributed by atoms with Crippen molar-refractivity contribution >= 4 is 24.0 Å². The highest BCUT2D eigenvalue weighted by Crippen LogP contribution is 2.32. The monoisotopic (exact) mass is 342 g/mol. The van der Waals surface area contributed by atoms with E-state index in [4.69, 9.17) is 4.74 Å². The first-order valence-electron chi connectivity index (χ1n) is 8.13. The van der Waals surface area contributed by atoms with Crippen molar-refractivity contribution in [2.75, 3.05) is 25.0 Å². The average Bonchev–Trinajstić information content (AvgIpc) is 3.19. The molecular weight excluding hydrogens is 319 g/mol. The standard InChI is InChI=1S/C17H23FN2O2.ClH/c18-14-4-5-15(16(9-14)22-11-13-1-2-13)20-17(21)6-3-12-7-8-19-10-12;/h4-5,9,12-13,19H,1-3,6-8,10-11H2,(H,20,21);1H. The van der Waals surface area contributed by atoms with Gasteiger partial charge in [-0.05, 0) is 62.7 Å². The number of anilines is 1. The van der Waals surface area contributed by atoms with Crippen molar-refractivity contribution in [3.05, 3.63) is 24.0 Å². The Labute approximate surface area is 142 Å². The lowest BCUT2D eigenvalue weighted by molar-refractivity contribution is -0.116. The lowest BCUT2D eigenvalue weighted by Gasteiger charge is -2.13. The van der Waals surface area contributed by atoms with Gasteiger partial charge in [-0.15, -0.1) is 12.4 Å². The van der Waals surface area contributed by atoms with Crippen LogP contribution in [0.3, 0.4) is 0 Å². The van der Waals surface area contributed by atoms with Crippen LogP contribution in [-0.4, -0.2) is 25.6 Å². The first kappa shape index (κ1) is 18.0. The molecule has 1 aromatic carbocycles. The number of hydrogen-bond acceptors (Lipinski definition) is 3. The Morgan fingerprint density at radius 2 is 2.13 bits per heavy atom. The third-order valence-corrected chi connectivity index (χ3v) is 4.33. The Morgan fingerprint density at radius 3 is 2.83 bits per heavy atom. The van der Waals surface area contributed by atoms with Gasteiger partial charge in [0, 0.05) is 12.5 Å². The highest BCUT2D eigenvalue weighted by atomic mass is 35.5. The van der Waals surface area contributed by atoms with Gasteiger partial charge in [-0.1, -0.05) is 0 Å². The van der Waals surface area contributed by atoms with E-state index in [1.165, 1.54) is 25.0 Å². The number of carbonyl (C=O) groups is 1. The molecule has 1 aliphatic heterocycles. The Balaban J connectivity index is 0.00000192. The molecule has 4 nitrogen and oxygen atoms in total. The number of halogens is 2. The number of nitrogens with one attached hydrogen (secondary N) is 2. The minimum atomic E-state index is -0.346. The van der Waals surface area contributed by atoms with Crippen molar-refractivity contribution in [2.24, 2.45) is 11.8 Å². The molecule has 0 spiro atoms. The predicted molar refractivity (Wildman–Crippen MR) is 90.7 cm³/mol. The second kappa shape index (κ2) is 8.50. The fourth-order valence-electron chi connectivity index (χ4n) is 2.72. The van der Waals surface area contributed by atoms with E-state index >= 15 is 0 Å². The summed E-state index contributed by atoms with van der Waals surface area (Å²) in [6.45, 7) is 2.64. The highest BCUT2D eigenvalue weighted by molar-refractivity contribution is 5.92. The number of benzene rings is 1. The largest absolute Gasteiger partial charge is 0.491 e. The Hall–Kier alpha value is -1.33. The van der Waals surface area contributed by atoms with Gasteiger partial charge in [0.2, 0.25) is 5.91 Å². The average molecular weight is 343 g/mol. The van der Waals surface area contributed by atoms with Crippen molar-refractivity contribution < 1.29 is 13.9 Å². The molecule has 6 heteroatoms. The smallest absolute Gasteiger partial charge is 0.224 e. The Morgan fingerprint density at radius 1 is 1.30 bits per heavy atom. The van der Waals surface area contributed by atoms with Crippen molar-refractivity contribution in [2.45, 2.75) is 32.1 Å². The van der Waals surface area contributed by atoms with Gasteiger partial charge in [-0.2, -0.15) is 0 Å². The van der Waals surface area contributed by atoms with E-state index in [-0.39, 0.29) is 24.1 Å². The van der Waals surface area contributed by atoms with Gasteiger partial charge in [0.25, 0.3) is 0 Å². The Bertz CT molecular complexity index is 531. The van der Waals surface area contributed by atoms with E-state index < -0.39 is 0 Å². The molecule has 1 atom stereocenters. The molecular formula is C17H24ClFN2O2. The molecule has 1 aromatic rings. The molecule has 1 aliphatic carbocycles. The molecule has 0 radical (unpaired) electrons. The lowest BCUT2D eigenvalue weighted by atomic mass is 10.0. The molecule has 0 aromatic heterocycles. The van der Waals surface area contributed by atoms with Crippen molar-refractivity contribution in [3.8, 4) is 5.75 Å². The van der Waals surface area contributed by atoms with Crippen LogP contribution in [0.1, 0.15) is 32.1 Å². The van der Waals surface area contributed by atoms with Gasteiger partial charge in [-0.25, -0.2) is 4.39 Å². The summed E-state index contributed by atoms with van der Waals surface area (Å²) in [7, 11) is 0. The maximum atomic E-state index is 13.4. The molecule has 2 aliphatic rings. The van der Waals surface area contributed by atoms with E-state index in [0.717, 1.165) is 25.9 Å². The summed E-state index contributed by atoms with van der Waals surface area (Å²) in [6.07, 6.45) is 4.86. The summed E-state index contributed by atoms with van der Waals surface area (Å²) in [5, 5.41) is 6.16. The second-order valence-electron chi connectivity index (χ2n) is 6.34. The van der Waals surface area contributed by atoms with Crippen LogP contribution in [0.5, 0.6) is 5.75 Å². The number of ether oxygens (including phenoxy) is 1. The summed E-state index contributed by atoms with van der Waals surface area (Å²) >= 11 is 0. The Kier molecular flexibility index (Phi) is 6.66. The zero-order chi connectivity index (χ0) is 15.4. The maximum absolute atomic E-state index is 13.4. The van der Waals surface area contributed by atoms with Gasteiger partial charge in [0.15, 0.2) is 0 Å². The fraction of sp³-hybridized carbons (Fsp3) is 0.588. The zero-order valence-corrected chi connectivity index (χ0v) is 14.0. The zero-order valence-electron chi connectivity index (χ0n) is 13.1. The van der Waals surface area contributed by atoms with Gasteiger partial charge < -0.3 is 15.4 Å². The lowest BCUT2D eigenvalue weighted by Crippen LogP contribution is -2.16. The molecule has 1 saturated carbocycles. The highest BCUT2D eigenvalue weighted by Gasteiger charge is 2.23. The summed E-state index contributed by atoms with van der Waals surface area (Å²) in [6, 6.07) is 4.27. The van der Waals surface area contributed by atoms with Gasteiger partial charge in [-0.3, -0.25) is 4.79 Å². The quantitative estimate of drug-likeness (QED) is 0.798. The molecule has 128 valence electrons. The van der Waals surface area contributed by atoms with Crippen molar-refractivity contribution in [1.82, 2.24) is 5.32 Å². The third kappa shape index (κ3) is 5.66. The number of amides is 1. The van der Waals surface area contributed by atoms with E-state index in [1.807, 2.05) is 0 Å². The molecule has 2 N–H and O–H groups in total. The summed E-state index contributed by atoms with van der Waals surface area (Å²) in [5.74, 6) is 1.23. The SMILES string of the molecule is Cl.O=C(CCC1CCNC1)Nc1ccc(F)cc1OCC1CC1. The number of rotatable bonds is 7. The molecule has 1 heterocycles. The summed E-state index contributed by atoms with van der Waals surface area (Å²) in [4.78, 5) is 12.1. The van der Waals surface area contributed by atoms with Crippen LogP contribution in [0.25, 0.3) is 0 Å². The van der Waals surface area contributed by atoms with Crippen LogP contribution in [-0.2, 0) is 4.79 Å². The first-order valence-corrected chi connectivity index (χ1v) is 8.13. The summed E-state index contributed by atoms with van der Waals surface area (Å²) < 4.78 is 19.0. The minimum absolute atomic E-state index is 0. The van der Waals surface area contributed by atoms with Gasteiger partial charge >= 0.3 is 0 Å².